The number of esters is 1. The van der Waals surface area contributed by atoms with E-state index in [2.05, 4.69) is 11.4 Å². The predicted molar refractivity (Wildman–Crippen MR) is 93.3 cm³/mol. The molecule has 0 atom stereocenters. The van der Waals surface area contributed by atoms with Crippen LogP contribution in [0.15, 0.2) is 42.5 Å². The first-order chi connectivity index (χ1) is 11.6. The molecule has 24 heavy (non-hydrogen) atoms. The molecule has 5 heteroatoms. The molecule has 0 aromatic heterocycles. The Hall–Kier alpha value is -2.82. The summed E-state index contributed by atoms with van der Waals surface area (Å²) in [5, 5.41) is 3.38. The van der Waals surface area contributed by atoms with Crippen LogP contribution in [0, 0.1) is 0 Å². The third kappa shape index (κ3) is 3.25. The van der Waals surface area contributed by atoms with Crippen LogP contribution in [0.2, 0.25) is 0 Å². The van der Waals surface area contributed by atoms with Gasteiger partial charge in [0.15, 0.2) is 0 Å². The topological polar surface area (TPSA) is 58.6 Å². The number of nitrogens with one attached hydrogen (secondary N) is 1. The molecule has 1 heterocycles. The molecule has 1 aliphatic rings. The molecule has 5 nitrogen and oxygen atoms in total. The summed E-state index contributed by atoms with van der Waals surface area (Å²) >= 11 is 0. The summed E-state index contributed by atoms with van der Waals surface area (Å²) < 4.78 is 4.69. The van der Waals surface area contributed by atoms with E-state index in [0.29, 0.717) is 12.1 Å². The standard InChI is InChI=1S/C19H20N2O3/c1-13(22)21-10-9-16-11-17(7-8-18(16)21)20-12-14-3-5-15(6-4-14)19(23)24-2/h3-8,11,20H,9-10,12H2,1-2H3. The Morgan fingerprint density at radius 3 is 2.58 bits per heavy atom. The molecular weight excluding hydrogens is 304 g/mol. The molecule has 124 valence electrons. The zero-order chi connectivity index (χ0) is 17.1. The fourth-order valence-corrected chi connectivity index (χ4v) is 2.92. The van der Waals surface area contributed by atoms with Crippen molar-refractivity contribution in [1.29, 1.82) is 0 Å². The number of methoxy groups -OCH3 is 1. The van der Waals surface area contributed by atoms with E-state index in [1.807, 2.05) is 29.2 Å². The van der Waals surface area contributed by atoms with Gasteiger partial charge in [0.2, 0.25) is 5.91 Å². The highest BCUT2D eigenvalue weighted by Gasteiger charge is 2.21. The van der Waals surface area contributed by atoms with Crippen molar-refractivity contribution in [2.24, 2.45) is 0 Å². The van der Waals surface area contributed by atoms with Gasteiger partial charge in [-0.3, -0.25) is 4.79 Å². The average Bonchev–Trinajstić information content (AvgIpc) is 3.03. The van der Waals surface area contributed by atoms with Crippen molar-refractivity contribution in [3.05, 3.63) is 59.2 Å². The second-order valence-electron chi connectivity index (χ2n) is 5.81. The van der Waals surface area contributed by atoms with Crippen molar-refractivity contribution in [1.82, 2.24) is 0 Å². The number of hydrogen-bond acceptors (Lipinski definition) is 4. The van der Waals surface area contributed by atoms with Gasteiger partial charge in [-0.1, -0.05) is 12.1 Å². The molecule has 1 aliphatic heterocycles. The molecule has 3 rings (SSSR count). The number of carbonyl (C=O) groups is 2. The first kappa shape index (κ1) is 16.1. The van der Waals surface area contributed by atoms with E-state index in [1.54, 1.807) is 19.1 Å². The third-order valence-corrected chi connectivity index (χ3v) is 4.23. The number of amides is 1. The number of anilines is 2. The normalized spacial score (nSPS) is 12.7. The average molecular weight is 324 g/mol. The second-order valence-corrected chi connectivity index (χ2v) is 5.81. The highest BCUT2D eigenvalue weighted by Crippen LogP contribution is 2.30. The maximum absolute atomic E-state index is 11.6. The van der Waals surface area contributed by atoms with Crippen LogP contribution in [0.5, 0.6) is 0 Å². The lowest BCUT2D eigenvalue weighted by atomic mass is 10.1. The van der Waals surface area contributed by atoms with Crippen LogP contribution in [0.25, 0.3) is 0 Å². The van der Waals surface area contributed by atoms with Crippen molar-refractivity contribution >= 4 is 23.3 Å². The number of ether oxygens (including phenoxy) is 1. The van der Waals surface area contributed by atoms with Gasteiger partial charge < -0.3 is 15.0 Å². The lowest BCUT2D eigenvalue weighted by Gasteiger charge is -2.15. The van der Waals surface area contributed by atoms with Crippen molar-refractivity contribution in [3.8, 4) is 0 Å². The molecule has 0 saturated carbocycles. The van der Waals surface area contributed by atoms with Gasteiger partial charge >= 0.3 is 5.97 Å². The lowest BCUT2D eigenvalue weighted by molar-refractivity contribution is -0.116. The fraction of sp³-hybridized carbons (Fsp3) is 0.263. The molecule has 0 fully saturated rings. The molecule has 0 radical (unpaired) electrons. The van der Waals surface area contributed by atoms with E-state index in [9.17, 15) is 9.59 Å². The van der Waals surface area contributed by atoms with Crippen LogP contribution in [-0.2, 0) is 22.5 Å². The minimum absolute atomic E-state index is 0.0835. The van der Waals surface area contributed by atoms with Gasteiger partial charge in [-0.25, -0.2) is 4.79 Å². The Kier molecular flexibility index (Phi) is 4.51. The van der Waals surface area contributed by atoms with Crippen molar-refractivity contribution < 1.29 is 14.3 Å². The highest BCUT2D eigenvalue weighted by atomic mass is 16.5. The molecule has 0 unspecified atom stereocenters. The number of rotatable bonds is 4. The Balaban J connectivity index is 1.65. The summed E-state index contributed by atoms with van der Waals surface area (Å²) in [6.45, 7) is 3.01. The molecule has 0 saturated heterocycles. The van der Waals surface area contributed by atoms with Crippen LogP contribution >= 0.6 is 0 Å². The summed E-state index contributed by atoms with van der Waals surface area (Å²) in [5.41, 5.74) is 4.85. The predicted octanol–water partition coefficient (Wildman–Crippen LogP) is 2.99. The Labute approximate surface area is 141 Å². The van der Waals surface area contributed by atoms with Crippen LogP contribution in [-0.4, -0.2) is 25.5 Å². The van der Waals surface area contributed by atoms with E-state index in [4.69, 9.17) is 4.74 Å². The van der Waals surface area contributed by atoms with Gasteiger partial charge in [-0.15, -0.1) is 0 Å². The monoisotopic (exact) mass is 324 g/mol. The van der Waals surface area contributed by atoms with E-state index in [1.165, 1.54) is 12.7 Å². The highest BCUT2D eigenvalue weighted by molar-refractivity contribution is 5.94. The minimum Gasteiger partial charge on any atom is -0.465 e. The summed E-state index contributed by atoms with van der Waals surface area (Å²) in [7, 11) is 1.37. The summed E-state index contributed by atoms with van der Waals surface area (Å²) in [6, 6.07) is 13.4. The van der Waals surface area contributed by atoms with Gasteiger partial charge in [0.05, 0.1) is 12.7 Å². The second kappa shape index (κ2) is 6.74. The van der Waals surface area contributed by atoms with Crippen molar-refractivity contribution in [2.45, 2.75) is 19.9 Å². The van der Waals surface area contributed by atoms with Gasteiger partial charge in [0.25, 0.3) is 0 Å². The van der Waals surface area contributed by atoms with Gasteiger partial charge in [0.1, 0.15) is 0 Å². The largest absolute Gasteiger partial charge is 0.465 e. The van der Waals surface area contributed by atoms with Gasteiger partial charge in [0, 0.05) is 31.4 Å². The lowest BCUT2D eigenvalue weighted by Crippen LogP contribution is -2.25. The van der Waals surface area contributed by atoms with E-state index in [0.717, 1.165) is 29.9 Å². The molecule has 0 bridgehead atoms. The summed E-state index contributed by atoms with van der Waals surface area (Å²) in [4.78, 5) is 24.8. The Morgan fingerprint density at radius 2 is 1.92 bits per heavy atom. The maximum Gasteiger partial charge on any atom is 0.337 e. The van der Waals surface area contributed by atoms with E-state index in [-0.39, 0.29) is 11.9 Å². The molecule has 2 aromatic rings. The molecule has 2 aromatic carbocycles. The maximum atomic E-state index is 11.6. The van der Waals surface area contributed by atoms with Crippen LogP contribution in [0.1, 0.15) is 28.4 Å². The first-order valence-corrected chi connectivity index (χ1v) is 7.90. The smallest absolute Gasteiger partial charge is 0.337 e. The van der Waals surface area contributed by atoms with Crippen molar-refractivity contribution in [2.75, 3.05) is 23.9 Å². The molecule has 0 aliphatic carbocycles. The Bertz CT molecular complexity index is 769. The third-order valence-electron chi connectivity index (χ3n) is 4.23. The SMILES string of the molecule is COC(=O)c1ccc(CNc2ccc3c(c2)CCN3C(C)=O)cc1. The van der Waals surface area contributed by atoms with E-state index < -0.39 is 0 Å². The van der Waals surface area contributed by atoms with Crippen molar-refractivity contribution in [3.63, 3.8) is 0 Å². The van der Waals surface area contributed by atoms with Crippen LogP contribution in [0.4, 0.5) is 11.4 Å². The number of benzene rings is 2. The molecule has 1 N–H and O–H groups in total. The first-order valence-electron chi connectivity index (χ1n) is 7.90. The zero-order valence-electron chi connectivity index (χ0n) is 13.8. The number of hydrogen-bond donors (Lipinski definition) is 1. The Morgan fingerprint density at radius 1 is 1.17 bits per heavy atom. The van der Waals surface area contributed by atoms with Crippen LogP contribution in [0.3, 0.4) is 0 Å². The summed E-state index contributed by atoms with van der Waals surface area (Å²) in [5.74, 6) is -0.247. The zero-order valence-corrected chi connectivity index (χ0v) is 13.8. The van der Waals surface area contributed by atoms with Crippen LogP contribution < -0.4 is 10.2 Å². The van der Waals surface area contributed by atoms with Gasteiger partial charge in [-0.05, 0) is 47.9 Å². The minimum atomic E-state index is -0.330. The fourth-order valence-electron chi connectivity index (χ4n) is 2.92. The van der Waals surface area contributed by atoms with E-state index >= 15 is 0 Å². The van der Waals surface area contributed by atoms with Gasteiger partial charge in [-0.2, -0.15) is 0 Å². The number of fused-ring (bicyclic) bond motifs is 1. The quantitative estimate of drug-likeness (QED) is 0.879. The molecule has 1 amide bonds. The number of carbonyl (C=O) groups excluding carboxylic acids is 2. The summed E-state index contributed by atoms with van der Waals surface area (Å²) in [6.07, 6.45) is 0.887. The molecular formula is C19H20N2O3. The molecule has 0 spiro atoms. The number of nitrogens with zero attached hydrogens (tertiary/aromatic N) is 1.